The molecular weight excluding hydrogens is 208 g/mol. The van der Waals surface area contributed by atoms with E-state index in [1.54, 1.807) is 18.2 Å². The number of aliphatic hydroxyl groups is 1. The van der Waals surface area contributed by atoms with E-state index in [1.807, 2.05) is 0 Å². The molecule has 5 heteroatoms. The van der Waals surface area contributed by atoms with E-state index in [9.17, 15) is 4.79 Å². The molecule has 0 aromatic carbocycles. The number of carbonyl (C=O) groups is 1. The van der Waals surface area contributed by atoms with Gasteiger partial charge in [-0.15, -0.1) is 6.58 Å². The molecule has 0 aliphatic heterocycles. The predicted molar refractivity (Wildman–Crippen MR) is 59.8 cm³/mol. The van der Waals surface area contributed by atoms with Crippen molar-refractivity contribution in [3.05, 3.63) is 36.3 Å². The normalized spacial score (nSPS) is 10.1. The fraction of sp³-hybridized carbons (Fsp3) is 0.364. The van der Waals surface area contributed by atoms with Crippen molar-refractivity contribution in [1.82, 2.24) is 4.90 Å². The van der Waals surface area contributed by atoms with E-state index in [0.29, 0.717) is 12.3 Å². The van der Waals surface area contributed by atoms with Crippen LogP contribution < -0.4 is 5.73 Å². The molecule has 0 saturated heterocycles. The van der Waals surface area contributed by atoms with E-state index < -0.39 is 0 Å². The van der Waals surface area contributed by atoms with Crippen molar-refractivity contribution >= 4 is 5.91 Å². The summed E-state index contributed by atoms with van der Waals surface area (Å²) in [6, 6.07) is 3.25. The van der Waals surface area contributed by atoms with Gasteiger partial charge >= 0.3 is 0 Å². The zero-order chi connectivity index (χ0) is 12.0. The first-order chi connectivity index (χ1) is 7.72. The van der Waals surface area contributed by atoms with Crippen molar-refractivity contribution in [2.45, 2.75) is 6.54 Å². The number of nitrogens with two attached hydrogens (primary N) is 1. The van der Waals surface area contributed by atoms with Gasteiger partial charge in [-0.1, -0.05) is 6.08 Å². The predicted octanol–water partition coefficient (Wildman–Crippen LogP) is 0.359. The Morgan fingerprint density at radius 3 is 2.88 bits per heavy atom. The monoisotopic (exact) mass is 224 g/mol. The maximum atomic E-state index is 11.9. The van der Waals surface area contributed by atoms with E-state index >= 15 is 0 Å². The summed E-state index contributed by atoms with van der Waals surface area (Å²) in [5.74, 6) is 0.523. The molecule has 0 radical (unpaired) electrons. The van der Waals surface area contributed by atoms with Gasteiger partial charge in [0.25, 0.3) is 5.91 Å². The molecule has 1 amide bonds. The van der Waals surface area contributed by atoms with E-state index in [0.717, 1.165) is 0 Å². The maximum absolute atomic E-state index is 11.9. The Hall–Kier alpha value is -1.59. The number of hydrogen-bond donors (Lipinski definition) is 2. The second-order valence-corrected chi connectivity index (χ2v) is 3.23. The van der Waals surface area contributed by atoms with Crippen LogP contribution in [0, 0.1) is 0 Å². The summed E-state index contributed by atoms with van der Waals surface area (Å²) >= 11 is 0. The van der Waals surface area contributed by atoms with Gasteiger partial charge < -0.3 is 20.2 Å². The highest BCUT2D eigenvalue weighted by molar-refractivity contribution is 5.91. The average molecular weight is 224 g/mol. The molecule has 1 rings (SSSR count). The van der Waals surface area contributed by atoms with Gasteiger partial charge in [-0.2, -0.15) is 0 Å². The van der Waals surface area contributed by atoms with Crippen LogP contribution in [0.5, 0.6) is 0 Å². The third-order valence-electron chi connectivity index (χ3n) is 2.08. The molecule has 0 unspecified atom stereocenters. The molecule has 88 valence electrons. The van der Waals surface area contributed by atoms with E-state index in [-0.39, 0.29) is 31.4 Å². The van der Waals surface area contributed by atoms with E-state index in [1.165, 1.54) is 4.90 Å². The molecule has 0 aliphatic rings. The SMILES string of the molecule is C=CCN(CCO)C(=O)c1ccc(CN)o1. The summed E-state index contributed by atoms with van der Waals surface area (Å²) in [6.45, 7) is 4.35. The summed E-state index contributed by atoms with van der Waals surface area (Å²) in [6.07, 6.45) is 1.60. The standard InChI is InChI=1S/C11H16N2O3/c1-2-5-13(6-7-14)11(15)10-4-3-9(8-12)16-10/h2-4,14H,1,5-8,12H2. The van der Waals surface area contributed by atoms with Crippen LogP contribution in [0.2, 0.25) is 0 Å². The van der Waals surface area contributed by atoms with Gasteiger partial charge in [0.1, 0.15) is 5.76 Å². The Balaban J connectivity index is 2.76. The number of rotatable bonds is 6. The molecule has 0 saturated carbocycles. The minimum atomic E-state index is -0.270. The van der Waals surface area contributed by atoms with Gasteiger partial charge in [0.05, 0.1) is 13.2 Å². The molecule has 0 aliphatic carbocycles. The van der Waals surface area contributed by atoms with Crippen LogP contribution in [0.3, 0.4) is 0 Å². The first-order valence-corrected chi connectivity index (χ1v) is 5.02. The van der Waals surface area contributed by atoms with Crippen molar-refractivity contribution in [3.8, 4) is 0 Å². The topological polar surface area (TPSA) is 79.7 Å². The van der Waals surface area contributed by atoms with Crippen molar-refractivity contribution in [2.75, 3.05) is 19.7 Å². The number of carbonyl (C=O) groups excluding carboxylic acids is 1. The summed E-state index contributed by atoms with van der Waals surface area (Å²) in [4.78, 5) is 13.3. The van der Waals surface area contributed by atoms with Gasteiger partial charge in [0.2, 0.25) is 0 Å². The highest BCUT2D eigenvalue weighted by Gasteiger charge is 2.17. The van der Waals surface area contributed by atoms with E-state index in [4.69, 9.17) is 15.3 Å². The van der Waals surface area contributed by atoms with Crippen molar-refractivity contribution in [1.29, 1.82) is 0 Å². The van der Waals surface area contributed by atoms with Crippen LogP contribution in [0.1, 0.15) is 16.3 Å². The number of nitrogens with zero attached hydrogens (tertiary/aromatic N) is 1. The van der Waals surface area contributed by atoms with Crippen LogP contribution in [0.15, 0.2) is 29.2 Å². The maximum Gasteiger partial charge on any atom is 0.289 e. The summed E-state index contributed by atoms with van der Waals surface area (Å²) < 4.78 is 5.24. The Morgan fingerprint density at radius 2 is 2.38 bits per heavy atom. The van der Waals surface area contributed by atoms with Gasteiger partial charge in [0, 0.05) is 13.1 Å². The van der Waals surface area contributed by atoms with Crippen LogP contribution in [-0.2, 0) is 6.54 Å². The molecule has 0 atom stereocenters. The summed E-state index contributed by atoms with van der Waals surface area (Å²) in [5, 5.41) is 8.83. The van der Waals surface area contributed by atoms with Gasteiger partial charge in [-0.25, -0.2) is 0 Å². The fourth-order valence-corrected chi connectivity index (χ4v) is 1.31. The Labute approximate surface area is 94.1 Å². The number of furan rings is 1. The molecule has 16 heavy (non-hydrogen) atoms. The van der Waals surface area contributed by atoms with Crippen LogP contribution in [0.25, 0.3) is 0 Å². The number of aliphatic hydroxyl groups excluding tert-OH is 1. The summed E-state index contributed by atoms with van der Waals surface area (Å²) in [7, 11) is 0. The Kier molecular flexibility index (Phi) is 4.75. The molecule has 1 heterocycles. The Bertz CT molecular complexity index is 360. The van der Waals surface area contributed by atoms with Gasteiger partial charge in [-0.05, 0) is 12.1 Å². The fourth-order valence-electron chi connectivity index (χ4n) is 1.31. The molecule has 1 aromatic rings. The summed E-state index contributed by atoms with van der Waals surface area (Å²) in [5.41, 5.74) is 5.38. The lowest BCUT2D eigenvalue weighted by Crippen LogP contribution is -2.33. The average Bonchev–Trinajstić information content (AvgIpc) is 2.76. The second kappa shape index (κ2) is 6.09. The van der Waals surface area contributed by atoms with Crippen molar-refractivity contribution in [3.63, 3.8) is 0 Å². The largest absolute Gasteiger partial charge is 0.455 e. The molecule has 0 spiro atoms. The molecule has 1 aromatic heterocycles. The zero-order valence-electron chi connectivity index (χ0n) is 9.06. The number of hydrogen-bond acceptors (Lipinski definition) is 4. The molecule has 0 bridgehead atoms. The highest BCUT2D eigenvalue weighted by atomic mass is 16.4. The Morgan fingerprint density at radius 1 is 1.62 bits per heavy atom. The van der Waals surface area contributed by atoms with Crippen LogP contribution in [-0.4, -0.2) is 35.6 Å². The smallest absolute Gasteiger partial charge is 0.289 e. The number of amides is 1. The lowest BCUT2D eigenvalue weighted by Gasteiger charge is -2.18. The first kappa shape index (κ1) is 12.5. The van der Waals surface area contributed by atoms with Crippen molar-refractivity contribution in [2.24, 2.45) is 5.73 Å². The molecule has 5 nitrogen and oxygen atoms in total. The van der Waals surface area contributed by atoms with Gasteiger partial charge in [-0.3, -0.25) is 4.79 Å². The minimum Gasteiger partial charge on any atom is -0.455 e. The minimum absolute atomic E-state index is 0.0932. The van der Waals surface area contributed by atoms with Crippen LogP contribution in [0.4, 0.5) is 0 Å². The zero-order valence-corrected chi connectivity index (χ0v) is 9.06. The molecule has 0 fully saturated rings. The quantitative estimate of drug-likeness (QED) is 0.684. The lowest BCUT2D eigenvalue weighted by molar-refractivity contribution is 0.0709. The van der Waals surface area contributed by atoms with Crippen molar-refractivity contribution < 1.29 is 14.3 Å². The molecular formula is C11H16N2O3. The second-order valence-electron chi connectivity index (χ2n) is 3.23. The van der Waals surface area contributed by atoms with E-state index in [2.05, 4.69) is 6.58 Å². The molecule has 3 N–H and O–H groups in total. The van der Waals surface area contributed by atoms with Gasteiger partial charge in [0.15, 0.2) is 5.76 Å². The third-order valence-corrected chi connectivity index (χ3v) is 2.08. The van der Waals surface area contributed by atoms with Crippen LogP contribution >= 0.6 is 0 Å². The highest BCUT2D eigenvalue weighted by Crippen LogP contribution is 2.10. The first-order valence-electron chi connectivity index (χ1n) is 5.02. The lowest BCUT2D eigenvalue weighted by atomic mass is 10.3. The third kappa shape index (κ3) is 2.95.